The molecule has 0 aliphatic heterocycles. The van der Waals surface area contributed by atoms with E-state index in [0.29, 0.717) is 18.5 Å². The Labute approximate surface area is 158 Å². The number of ether oxygens (including phenoxy) is 1. The van der Waals surface area contributed by atoms with Crippen LogP contribution in [0.2, 0.25) is 0 Å². The van der Waals surface area contributed by atoms with Crippen LogP contribution in [0.25, 0.3) is 0 Å². The van der Waals surface area contributed by atoms with Gasteiger partial charge in [-0.2, -0.15) is 0 Å². The third-order valence-corrected chi connectivity index (χ3v) is 4.06. The molecule has 0 aliphatic rings. The molecule has 6 heteroatoms. The lowest BCUT2D eigenvalue weighted by atomic mass is 10.0. The molecule has 0 bridgehead atoms. The summed E-state index contributed by atoms with van der Waals surface area (Å²) in [4.78, 5) is 17.7. The van der Waals surface area contributed by atoms with Gasteiger partial charge in [-0.15, -0.1) is 0 Å². The average molecular weight is 363 g/mol. The van der Waals surface area contributed by atoms with Crippen molar-refractivity contribution in [1.82, 2.24) is 15.5 Å². The van der Waals surface area contributed by atoms with Crippen molar-refractivity contribution in [2.24, 2.45) is 4.99 Å². The van der Waals surface area contributed by atoms with E-state index >= 15 is 0 Å². The lowest BCUT2D eigenvalue weighted by Crippen LogP contribution is -2.40. The largest absolute Gasteiger partial charge is 0.382 e. The Morgan fingerprint density at radius 3 is 2.54 bits per heavy atom. The smallest absolute Gasteiger partial charge is 0.243 e. The first-order valence-electron chi connectivity index (χ1n) is 9.30. The Balaban J connectivity index is 2.57. The van der Waals surface area contributed by atoms with Crippen molar-refractivity contribution in [3.8, 4) is 0 Å². The normalized spacial score (nSPS) is 12.6. The second kappa shape index (κ2) is 12.3. The summed E-state index contributed by atoms with van der Waals surface area (Å²) in [6, 6.07) is 8.57. The highest BCUT2D eigenvalue weighted by Crippen LogP contribution is 2.14. The monoisotopic (exact) mass is 362 g/mol. The molecule has 1 unspecified atom stereocenters. The Hall–Kier alpha value is -2.08. The maximum absolute atomic E-state index is 11.8. The van der Waals surface area contributed by atoms with Crippen LogP contribution >= 0.6 is 0 Å². The molecule has 1 amide bonds. The predicted octanol–water partition coefficient (Wildman–Crippen LogP) is 2.15. The summed E-state index contributed by atoms with van der Waals surface area (Å²) in [6.07, 6.45) is 0.893. The number of guanidine groups is 1. The van der Waals surface area contributed by atoms with Gasteiger partial charge < -0.3 is 20.3 Å². The molecule has 1 rings (SSSR count). The predicted molar refractivity (Wildman–Crippen MR) is 108 cm³/mol. The van der Waals surface area contributed by atoms with Crippen LogP contribution in [0.3, 0.4) is 0 Å². The number of hydrogen-bond acceptors (Lipinski definition) is 3. The summed E-state index contributed by atoms with van der Waals surface area (Å²) in [7, 11) is 3.47. The van der Waals surface area contributed by atoms with Gasteiger partial charge in [-0.1, -0.05) is 36.8 Å². The minimum Gasteiger partial charge on any atom is -0.382 e. The fourth-order valence-electron chi connectivity index (χ4n) is 2.25. The number of carbonyl (C=O) groups excluding carboxylic acids is 1. The first-order valence-corrected chi connectivity index (χ1v) is 9.30. The highest BCUT2D eigenvalue weighted by molar-refractivity contribution is 5.84. The van der Waals surface area contributed by atoms with Gasteiger partial charge in [-0.3, -0.25) is 4.79 Å². The van der Waals surface area contributed by atoms with Gasteiger partial charge in [0, 0.05) is 40.4 Å². The highest BCUT2D eigenvalue weighted by Gasteiger charge is 2.08. The SMILES string of the molecule is CCOCCCNC(=NCC(=O)N(C)C)NCC(C)c1ccc(C)cc1. The molecule has 2 N–H and O–H groups in total. The van der Waals surface area contributed by atoms with E-state index in [2.05, 4.69) is 53.7 Å². The Kier molecular flexibility index (Phi) is 10.4. The fraction of sp³-hybridized carbons (Fsp3) is 0.600. The van der Waals surface area contributed by atoms with E-state index < -0.39 is 0 Å². The van der Waals surface area contributed by atoms with Gasteiger partial charge in [0.25, 0.3) is 0 Å². The number of nitrogens with zero attached hydrogens (tertiary/aromatic N) is 2. The average Bonchev–Trinajstić information content (AvgIpc) is 2.63. The number of hydrogen-bond donors (Lipinski definition) is 2. The van der Waals surface area contributed by atoms with E-state index in [0.717, 1.165) is 26.1 Å². The number of carbonyl (C=O) groups is 1. The van der Waals surface area contributed by atoms with Crippen molar-refractivity contribution < 1.29 is 9.53 Å². The molecule has 26 heavy (non-hydrogen) atoms. The van der Waals surface area contributed by atoms with Crippen LogP contribution in [0.5, 0.6) is 0 Å². The zero-order chi connectivity index (χ0) is 19.4. The minimum absolute atomic E-state index is 0.0213. The Morgan fingerprint density at radius 1 is 1.23 bits per heavy atom. The molecule has 1 atom stereocenters. The van der Waals surface area contributed by atoms with Crippen molar-refractivity contribution in [3.05, 3.63) is 35.4 Å². The molecule has 0 fully saturated rings. The number of amides is 1. The number of nitrogens with one attached hydrogen (secondary N) is 2. The van der Waals surface area contributed by atoms with E-state index in [1.807, 2.05) is 6.92 Å². The van der Waals surface area contributed by atoms with Crippen molar-refractivity contribution in [3.63, 3.8) is 0 Å². The van der Waals surface area contributed by atoms with Crippen LogP contribution in [-0.2, 0) is 9.53 Å². The van der Waals surface area contributed by atoms with Gasteiger partial charge in [-0.05, 0) is 31.7 Å². The number of aliphatic imine (C=N–C) groups is 1. The molecule has 146 valence electrons. The molecule has 1 aromatic carbocycles. The zero-order valence-electron chi connectivity index (χ0n) is 16.8. The summed E-state index contributed by atoms with van der Waals surface area (Å²) in [5.41, 5.74) is 2.54. The van der Waals surface area contributed by atoms with Crippen molar-refractivity contribution in [2.45, 2.75) is 33.1 Å². The lowest BCUT2D eigenvalue weighted by Gasteiger charge is -2.17. The summed E-state index contributed by atoms with van der Waals surface area (Å²) in [6.45, 7) is 9.32. The standard InChI is InChI=1S/C20H34N4O2/c1-6-26-13-7-12-21-20(23-15-19(25)24(4)5)22-14-17(3)18-10-8-16(2)9-11-18/h8-11,17H,6-7,12-15H2,1-5H3,(H2,21,22,23). The summed E-state index contributed by atoms with van der Waals surface area (Å²) < 4.78 is 5.35. The first-order chi connectivity index (χ1) is 12.4. The van der Waals surface area contributed by atoms with Crippen LogP contribution in [-0.4, -0.2) is 63.7 Å². The molecule has 0 radical (unpaired) electrons. The number of likely N-dealkylation sites (N-methyl/N-ethyl adjacent to an activating group) is 1. The number of benzene rings is 1. The first kappa shape index (κ1) is 22.0. The zero-order valence-corrected chi connectivity index (χ0v) is 16.8. The minimum atomic E-state index is -0.0213. The van der Waals surface area contributed by atoms with Crippen LogP contribution in [0, 0.1) is 6.92 Å². The molecule has 6 nitrogen and oxygen atoms in total. The molecule has 0 aliphatic carbocycles. The maximum atomic E-state index is 11.8. The maximum Gasteiger partial charge on any atom is 0.243 e. The van der Waals surface area contributed by atoms with Gasteiger partial charge in [0.2, 0.25) is 5.91 Å². The van der Waals surface area contributed by atoms with E-state index in [1.54, 1.807) is 19.0 Å². The molecule has 0 saturated heterocycles. The molecular formula is C20H34N4O2. The van der Waals surface area contributed by atoms with Crippen LogP contribution in [0.1, 0.15) is 37.3 Å². The van der Waals surface area contributed by atoms with Gasteiger partial charge in [0.15, 0.2) is 5.96 Å². The van der Waals surface area contributed by atoms with Crippen LogP contribution < -0.4 is 10.6 Å². The topological polar surface area (TPSA) is 66.0 Å². The van der Waals surface area contributed by atoms with Gasteiger partial charge >= 0.3 is 0 Å². The molecule has 0 spiro atoms. The second-order valence-corrected chi connectivity index (χ2v) is 6.62. The highest BCUT2D eigenvalue weighted by atomic mass is 16.5. The third-order valence-electron chi connectivity index (χ3n) is 4.06. The summed E-state index contributed by atoms with van der Waals surface area (Å²) in [5, 5.41) is 6.62. The van der Waals surface area contributed by atoms with Crippen molar-refractivity contribution in [2.75, 3.05) is 46.9 Å². The quantitative estimate of drug-likeness (QED) is 0.380. The van der Waals surface area contributed by atoms with Gasteiger partial charge in [0.1, 0.15) is 6.54 Å². The number of rotatable bonds is 10. The number of aryl methyl sites for hydroxylation is 1. The molecular weight excluding hydrogens is 328 g/mol. The van der Waals surface area contributed by atoms with E-state index in [4.69, 9.17) is 4.74 Å². The molecule has 0 heterocycles. The van der Waals surface area contributed by atoms with Crippen LogP contribution in [0.15, 0.2) is 29.3 Å². The van der Waals surface area contributed by atoms with Gasteiger partial charge in [-0.25, -0.2) is 4.99 Å². The third kappa shape index (κ3) is 8.85. The Morgan fingerprint density at radius 2 is 1.92 bits per heavy atom. The second-order valence-electron chi connectivity index (χ2n) is 6.62. The van der Waals surface area contributed by atoms with Crippen LogP contribution in [0.4, 0.5) is 0 Å². The van der Waals surface area contributed by atoms with Gasteiger partial charge in [0.05, 0.1) is 0 Å². The summed E-state index contributed by atoms with van der Waals surface area (Å²) in [5.74, 6) is 0.984. The van der Waals surface area contributed by atoms with E-state index in [-0.39, 0.29) is 12.5 Å². The molecule has 1 aromatic rings. The Bertz CT molecular complexity index is 555. The van der Waals surface area contributed by atoms with E-state index in [1.165, 1.54) is 11.1 Å². The molecule has 0 aromatic heterocycles. The lowest BCUT2D eigenvalue weighted by molar-refractivity contribution is -0.127. The van der Waals surface area contributed by atoms with Crippen molar-refractivity contribution >= 4 is 11.9 Å². The van der Waals surface area contributed by atoms with Crippen molar-refractivity contribution in [1.29, 1.82) is 0 Å². The fourth-order valence-corrected chi connectivity index (χ4v) is 2.25. The molecule has 0 saturated carbocycles. The summed E-state index contributed by atoms with van der Waals surface area (Å²) >= 11 is 0. The van der Waals surface area contributed by atoms with E-state index in [9.17, 15) is 4.79 Å².